The molecule has 4 nitrogen and oxygen atoms in total. The molecule has 20 heavy (non-hydrogen) atoms. The average molecular weight is 333 g/mol. The molecule has 2 heterocycles. The van der Waals surface area contributed by atoms with E-state index < -0.39 is 0 Å². The Balaban J connectivity index is 2.07. The highest BCUT2D eigenvalue weighted by Crippen LogP contribution is 2.29. The second-order valence-electron chi connectivity index (χ2n) is 4.99. The van der Waals surface area contributed by atoms with Crippen molar-refractivity contribution >= 4 is 27.4 Å². The topological polar surface area (TPSA) is 41.1 Å². The summed E-state index contributed by atoms with van der Waals surface area (Å²) in [6, 6.07) is 8.25. The predicted octanol–water partition coefficient (Wildman–Crippen LogP) is 2.96. The second kappa shape index (κ2) is 5.50. The first kappa shape index (κ1) is 13.5. The summed E-state index contributed by atoms with van der Waals surface area (Å²) in [5.74, 6) is 1.83. The van der Waals surface area contributed by atoms with E-state index in [-0.39, 0.29) is 0 Å². The van der Waals surface area contributed by atoms with E-state index in [0.717, 1.165) is 41.3 Å². The highest BCUT2D eigenvalue weighted by atomic mass is 79.9. The van der Waals surface area contributed by atoms with Crippen LogP contribution in [0.25, 0.3) is 0 Å². The smallest absolute Gasteiger partial charge is 0.141 e. The fourth-order valence-electron chi connectivity index (χ4n) is 2.53. The van der Waals surface area contributed by atoms with Gasteiger partial charge in [-0.2, -0.15) is 0 Å². The maximum Gasteiger partial charge on any atom is 0.141 e. The molecule has 104 valence electrons. The Kier molecular flexibility index (Phi) is 3.72. The highest BCUT2D eigenvalue weighted by Gasteiger charge is 2.19. The van der Waals surface area contributed by atoms with Crippen molar-refractivity contribution in [2.75, 3.05) is 18.5 Å². The number of aromatic nitrogens is 2. The third-order valence-electron chi connectivity index (χ3n) is 3.54. The summed E-state index contributed by atoms with van der Waals surface area (Å²) < 4.78 is 1.07. The molecule has 0 saturated carbocycles. The molecule has 5 heteroatoms. The van der Waals surface area contributed by atoms with Gasteiger partial charge in [0.15, 0.2) is 0 Å². The van der Waals surface area contributed by atoms with Gasteiger partial charge in [-0.15, -0.1) is 0 Å². The zero-order valence-electron chi connectivity index (χ0n) is 11.7. The van der Waals surface area contributed by atoms with Gasteiger partial charge in [-0.25, -0.2) is 9.97 Å². The zero-order valence-corrected chi connectivity index (χ0v) is 13.2. The summed E-state index contributed by atoms with van der Waals surface area (Å²) in [5, 5.41) is 3.40. The van der Waals surface area contributed by atoms with Crippen LogP contribution in [0.2, 0.25) is 0 Å². The van der Waals surface area contributed by atoms with Crippen LogP contribution >= 0.6 is 15.9 Å². The first-order valence-electron chi connectivity index (χ1n) is 6.71. The largest absolute Gasteiger partial charge is 0.329 e. The van der Waals surface area contributed by atoms with Gasteiger partial charge in [-0.3, -0.25) is 0 Å². The summed E-state index contributed by atoms with van der Waals surface area (Å²) >= 11 is 3.52. The number of anilines is 2. The van der Waals surface area contributed by atoms with E-state index >= 15 is 0 Å². The van der Waals surface area contributed by atoms with Gasteiger partial charge in [0, 0.05) is 42.3 Å². The number of benzene rings is 1. The monoisotopic (exact) mass is 332 g/mol. The lowest BCUT2D eigenvalue weighted by Crippen LogP contribution is -2.28. The molecule has 1 aliphatic rings. The van der Waals surface area contributed by atoms with Gasteiger partial charge in [-0.05, 0) is 25.1 Å². The van der Waals surface area contributed by atoms with Crippen LogP contribution in [0.3, 0.4) is 0 Å². The van der Waals surface area contributed by atoms with Crippen molar-refractivity contribution in [1.29, 1.82) is 0 Å². The van der Waals surface area contributed by atoms with Crippen molar-refractivity contribution in [2.24, 2.45) is 0 Å². The van der Waals surface area contributed by atoms with Gasteiger partial charge in [0.05, 0.1) is 5.69 Å². The van der Waals surface area contributed by atoms with E-state index in [4.69, 9.17) is 0 Å². The van der Waals surface area contributed by atoms with E-state index in [1.807, 2.05) is 19.1 Å². The molecule has 1 N–H and O–H groups in total. The third-order valence-corrected chi connectivity index (χ3v) is 4.03. The SMILES string of the molecule is Cc1nc2c(c(N(C)c3cccc(Br)c3)n1)CNCC2. The molecule has 3 rings (SSSR count). The van der Waals surface area contributed by atoms with E-state index in [1.165, 1.54) is 11.3 Å². The van der Waals surface area contributed by atoms with Crippen LogP contribution in [0.4, 0.5) is 11.5 Å². The number of fused-ring (bicyclic) bond motifs is 1. The highest BCUT2D eigenvalue weighted by molar-refractivity contribution is 9.10. The van der Waals surface area contributed by atoms with Crippen LogP contribution in [0, 0.1) is 6.92 Å². The maximum atomic E-state index is 4.65. The summed E-state index contributed by atoms with van der Waals surface area (Å²) in [5.41, 5.74) is 3.50. The molecular formula is C15H17BrN4. The third kappa shape index (κ3) is 2.55. The lowest BCUT2D eigenvalue weighted by atomic mass is 10.1. The van der Waals surface area contributed by atoms with Crippen molar-refractivity contribution in [3.8, 4) is 0 Å². The Labute approximate surface area is 127 Å². The fourth-order valence-corrected chi connectivity index (χ4v) is 2.92. The van der Waals surface area contributed by atoms with Gasteiger partial charge in [0.2, 0.25) is 0 Å². The van der Waals surface area contributed by atoms with Gasteiger partial charge in [0.1, 0.15) is 11.6 Å². The summed E-state index contributed by atoms with van der Waals surface area (Å²) in [4.78, 5) is 11.4. The van der Waals surface area contributed by atoms with Gasteiger partial charge >= 0.3 is 0 Å². The summed E-state index contributed by atoms with van der Waals surface area (Å²) in [7, 11) is 2.05. The van der Waals surface area contributed by atoms with Crippen LogP contribution < -0.4 is 10.2 Å². The quantitative estimate of drug-likeness (QED) is 0.917. The minimum Gasteiger partial charge on any atom is -0.329 e. The Morgan fingerprint density at radius 1 is 1.30 bits per heavy atom. The number of aryl methyl sites for hydroxylation is 1. The molecule has 1 aliphatic heterocycles. The Bertz CT molecular complexity index is 642. The van der Waals surface area contributed by atoms with E-state index in [2.05, 4.69) is 55.3 Å². The molecule has 0 amide bonds. The van der Waals surface area contributed by atoms with Crippen LogP contribution in [-0.2, 0) is 13.0 Å². The predicted molar refractivity (Wildman–Crippen MR) is 84.4 cm³/mol. The number of nitrogens with one attached hydrogen (secondary N) is 1. The molecule has 0 bridgehead atoms. The number of hydrogen-bond acceptors (Lipinski definition) is 4. The molecule has 0 aliphatic carbocycles. The molecule has 0 atom stereocenters. The maximum absolute atomic E-state index is 4.65. The second-order valence-corrected chi connectivity index (χ2v) is 5.90. The molecule has 1 aromatic heterocycles. The molecule has 0 fully saturated rings. The van der Waals surface area contributed by atoms with Crippen molar-refractivity contribution in [2.45, 2.75) is 19.9 Å². The van der Waals surface area contributed by atoms with Gasteiger partial charge in [-0.1, -0.05) is 22.0 Å². The van der Waals surface area contributed by atoms with Crippen LogP contribution in [0.15, 0.2) is 28.7 Å². The molecular weight excluding hydrogens is 316 g/mol. The standard InChI is InChI=1S/C15H17BrN4/c1-10-18-14-6-7-17-9-13(14)15(19-10)20(2)12-5-3-4-11(16)8-12/h3-5,8,17H,6-7,9H2,1-2H3. The van der Waals surface area contributed by atoms with Crippen LogP contribution in [-0.4, -0.2) is 23.6 Å². The molecule has 0 spiro atoms. The number of hydrogen-bond donors (Lipinski definition) is 1. The lowest BCUT2D eigenvalue weighted by Gasteiger charge is -2.26. The summed E-state index contributed by atoms with van der Waals surface area (Å²) in [6.45, 7) is 3.79. The molecule has 0 radical (unpaired) electrons. The van der Waals surface area contributed by atoms with Crippen LogP contribution in [0.5, 0.6) is 0 Å². The normalized spacial score (nSPS) is 13.9. The minimum atomic E-state index is 0.836. The van der Waals surface area contributed by atoms with Crippen molar-refractivity contribution in [3.05, 3.63) is 45.8 Å². The lowest BCUT2D eigenvalue weighted by molar-refractivity contribution is 0.622. The first-order valence-corrected chi connectivity index (χ1v) is 7.51. The zero-order chi connectivity index (χ0) is 14.1. The number of rotatable bonds is 2. The van der Waals surface area contributed by atoms with Crippen LogP contribution in [0.1, 0.15) is 17.1 Å². The van der Waals surface area contributed by atoms with Gasteiger partial charge < -0.3 is 10.2 Å². The Morgan fingerprint density at radius 2 is 2.15 bits per heavy atom. The van der Waals surface area contributed by atoms with E-state index in [0.29, 0.717) is 0 Å². The molecule has 1 aromatic carbocycles. The summed E-state index contributed by atoms with van der Waals surface area (Å²) in [6.07, 6.45) is 0.970. The molecule has 0 saturated heterocycles. The van der Waals surface area contributed by atoms with Crippen molar-refractivity contribution < 1.29 is 0 Å². The Hall–Kier alpha value is -1.46. The molecule has 2 aromatic rings. The van der Waals surface area contributed by atoms with Crippen molar-refractivity contribution in [3.63, 3.8) is 0 Å². The minimum absolute atomic E-state index is 0.836. The number of nitrogens with zero attached hydrogens (tertiary/aromatic N) is 3. The van der Waals surface area contributed by atoms with Gasteiger partial charge in [0.25, 0.3) is 0 Å². The fraction of sp³-hybridized carbons (Fsp3) is 0.333. The molecule has 0 unspecified atom stereocenters. The first-order chi connectivity index (χ1) is 9.65. The van der Waals surface area contributed by atoms with E-state index in [1.54, 1.807) is 0 Å². The number of halogens is 1. The van der Waals surface area contributed by atoms with Crippen molar-refractivity contribution in [1.82, 2.24) is 15.3 Å². The Morgan fingerprint density at radius 3 is 2.95 bits per heavy atom. The van der Waals surface area contributed by atoms with E-state index in [9.17, 15) is 0 Å². The average Bonchev–Trinajstić information content (AvgIpc) is 2.45.